The largest absolute Gasteiger partial charge is 0.329 e. The van der Waals surface area contributed by atoms with Crippen LogP contribution in [-0.4, -0.2) is 62.5 Å². The number of pyridine rings is 1. The smallest absolute Gasteiger partial charge is 0.260 e. The number of fused-ring (bicyclic) bond motifs is 4. The Morgan fingerprint density at radius 2 is 1.56 bits per heavy atom. The highest BCUT2D eigenvalue weighted by Gasteiger charge is 2.31. The SMILES string of the molecule is CSc1ncc2c(n1)N1CCN=C1C(c1ccccc1Cl)=C2.CSc1ncc2cc(-c3ccccc3Cl)c(=O)n(CCN)c2n1. The number of aromatic nitrogens is 5. The third-order valence-corrected chi connectivity index (χ3v) is 9.04. The zero-order chi connectivity index (χ0) is 31.5. The van der Waals surface area contributed by atoms with Crippen molar-refractivity contribution in [3.8, 4) is 11.1 Å². The van der Waals surface area contributed by atoms with Gasteiger partial charge in [-0.2, -0.15) is 0 Å². The van der Waals surface area contributed by atoms with Gasteiger partial charge in [0.05, 0.1) is 6.54 Å². The third kappa shape index (κ3) is 6.23. The van der Waals surface area contributed by atoms with Crippen molar-refractivity contribution in [3.63, 3.8) is 0 Å². The lowest BCUT2D eigenvalue weighted by atomic mass is 9.99. The molecule has 5 aromatic rings. The molecule has 0 spiro atoms. The number of benzene rings is 2. The van der Waals surface area contributed by atoms with Gasteiger partial charge < -0.3 is 10.6 Å². The van der Waals surface area contributed by atoms with Crippen molar-refractivity contribution in [2.45, 2.75) is 16.9 Å². The molecule has 7 rings (SSSR count). The number of rotatable bonds is 6. The summed E-state index contributed by atoms with van der Waals surface area (Å²) < 4.78 is 1.59. The molecule has 0 bridgehead atoms. The van der Waals surface area contributed by atoms with Gasteiger partial charge in [0.15, 0.2) is 10.3 Å². The average Bonchev–Trinajstić information content (AvgIpc) is 3.57. The van der Waals surface area contributed by atoms with E-state index in [1.807, 2.05) is 61.2 Å². The van der Waals surface area contributed by atoms with Gasteiger partial charge in [-0.05, 0) is 36.8 Å². The van der Waals surface area contributed by atoms with Crippen LogP contribution in [0, 0.1) is 0 Å². The first kappa shape index (κ1) is 31.3. The minimum absolute atomic E-state index is 0.151. The van der Waals surface area contributed by atoms with Gasteiger partial charge in [-0.1, -0.05) is 83.1 Å². The van der Waals surface area contributed by atoms with Crippen molar-refractivity contribution >= 4 is 81.1 Å². The summed E-state index contributed by atoms with van der Waals surface area (Å²) >= 11 is 15.6. The highest BCUT2D eigenvalue weighted by molar-refractivity contribution is 7.98. The number of thioether (sulfide) groups is 2. The molecule has 2 aliphatic heterocycles. The summed E-state index contributed by atoms with van der Waals surface area (Å²) in [7, 11) is 0. The second-order valence-electron chi connectivity index (χ2n) is 9.95. The molecule has 0 fully saturated rings. The van der Waals surface area contributed by atoms with Gasteiger partial charge in [-0.3, -0.25) is 14.4 Å². The van der Waals surface area contributed by atoms with E-state index in [-0.39, 0.29) is 5.56 Å². The van der Waals surface area contributed by atoms with Crippen LogP contribution in [0.15, 0.2) is 87.1 Å². The van der Waals surface area contributed by atoms with E-state index >= 15 is 0 Å². The van der Waals surface area contributed by atoms with Crippen LogP contribution in [0.5, 0.6) is 0 Å². The van der Waals surface area contributed by atoms with Crippen LogP contribution in [0.25, 0.3) is 33.8 Å². The van der Waals surface area contributed by atoms with Crippen molar-refractivity contribution in [2.75, 3.05) is 37.0 Å². The molecule has 3 aromatic heterocycles. The van der Waals surface area contributed by atoms with Gasteiger partial charge in [-0.15, -0.1) is 0 Å². The zero-order valence-corrected chi connectivity index (χ0v) is 27.6. The summed E-state index contributed by atoms with van der Waals surface area (Å²) in [5, 5.41) is 3.44. The summed E-state index contributed by atoms with van der Waals surface area (Å²) in [6.45, 7) is 2.35. The number of nitrogens with zero attached hydrogens (tertiary/aromatic N) is 7. The molecule has 2 aliphatic rings. The highest BCUT2D eigenvalue weighted by Crippen LogP contribution is 2.37. The molecule has 0 aliphatic carbocycles. The number of anilines is 1. The van der Waals surface area contributed by atoms with Gasteiger partial charge in [0.1, 0.15) is 17.3 Å². The first-order valence-electron chi connectivity index (χ1n) is 14.0. The highest BCUT2D eigenvalue weighted by atomic mass is 35.5. The van der Waals surface area contributed by atoms with E-state index in [0.29, 0.717) is 40.0 Å². The van der Waals surface area contributed by atoms with Crippen LogP contribution in [0.4, 0.5) is 5.82 Å². The topological polar surface area (TPSA) is 115 Å². The molecule has 0 saturated carbocycles. The minimum atomic E-state index is -0.151. The third-order valence-electron chi connectivity index (χ3n) is 7.26. The first-order valence-corrected chi connectivity index (χ1v) is 17.2. The molecular formula is C32H28Cl2N8OS2. The van der Waals surface area contributed by atoms with Gasteiger partial charge in [-0.25, -0.2) is 19.9 Å². The Kier molecular flexibility index (Phi) is 9.53. The van der Waals surface area contributed by atoms with Gasteiger partial charge in [0, 0.05) is 75.3 Å². The molecule has 13 heteroatoms. The molecule has 5 heterocycles. The molecule has 228 valence electrons. The molecule has 0 amide bonds. The number of aliphatic imine (C=N–C) groups is 1. The maximum atomic E-state index is 12.9. The average molecular weight is 676 g/mol. The van der Waals surface area contributed by atoms with Crippen LogP contribution in [0.2, 0.25) is 10.0 Å². The fourth-order valence-corrected chi connectivity index (χ4v) is 6.36. The summed E-state index contributed by atoms with van der Waals surface area (Å²) in [5.41, 5.74) is 10.4. The van der Waals surface area contributed by atoms with Crippen molar-refractivity contribution in [2.24, 2.45) is 10.7 Å². The molecule has 0 radical (unpaired) electrons. The minimum Gasteiger partial charge on any atom is -0.329 e. The Hall–Kier alpha value is -3.74. The molecule has 2 aromatic carbocycles. The van der Waals surface area contributed by atoms with Crippen molar-refractivity contribution in [3.05, 3.63) is 98.5 Å². The molecule has 0 saturated heterocycles. The quantitative estimate of drug-likeness (QED) is 0.161. The van der Waals surface area contributed by atoms with Crippen molar-refractivity contribution in [1.82, 2.24) is 24.5 Å². The van der Waals surface area contributed by atoms with E-state index in [9.17, 15) is 4.79 Å². The second-order valence-corrected chi connectivity index (χ2v) is 12.3. The lowest BCUT2D eigenvalue weighted by Gasteiger charge is -2.27. The van der Waals surface area contributed by atoms with E-state index in [4.69, 9.17) is 28.9 Å². The predicted octanol–water partition coefficient (Wildman–Crippen LogP) is 6.42. The Morgan fingerprint density at radius 3 is 2.24 bits per heavy atom. The first-order chi connectivity index (χ1) is 21.9. The van der Waals surface area contributed by atoms with Gasteiger partial charge in [0.25, 0.3) is 5.56 Å². The summed E-state index contributed by atoms with van der Waals surface area (Å²) in [6.07, 6.45) is 9.56. The zero-order valence-electron chi connectivity index (χ0n) is 24.4. The number of amidine groups is 1. The van der Waals surface area contributed by atoms with Crippen molar-refractivity contribution in [1.29, 1.82) is 0 Å². The van der Waals surface area contributed by atoms with Crippen molar-refractivity contribution < 1.29 is 0 Å². The summed E-state index contributed by atoms with van der Waals surface area (Å²) in [6, 6.07) is 16.9. The van der Waals surface area contributed by atoms with Crippen LogP contribution < -0.4 is 16.2 Å². The molecule has 0 unspecified atom stereocenters. The van der Waals surface area contributed by atoms with Gasteiger partial charge >= 0.3 is 0 Å². The lowest BCUT2D eigenvalue weighted by molar-refractivity contribution is 0.696. The number of hydrogen-bond donors (Lipinski definition) is 1. The normalized spacial score (nSPS) is 13.5. The van der Waals surface area contributed by atoms with E-state index in [1.54, 1.807) is 34.7 Å². The molecule has 45 heavy (non-hydrogen) atoms. The van der Waals surface area contributed by atoms with Crippen LogP contribution in [-0.2, 0) is 6.54 Å². The Morgan fingerprint density at radius 1 is 0.889 bits per heavy atom. The fourth-order valence-electron chi connectivity index (χ4n) is 5.22. The standard InChI is InChI=1S/C16H15ClN4OS.C16H13ClN4S/c1-23-16-19-9-10-8-12(11-4-2-3-5-13(11)17)15(22)21(7-6-18)14(10)20-16;1-22-16-19-9-10-8-12(11-4-2-3-5-13(11)17)15-18-6-7-21(15)14(10)20-16/h2-5,8-9H,6-7,18H2,1H3;2-5,8-9H,6-7H2,1H3. The number of nitrogens with two attached hydrogens (primary N) is 1. The second kappa shape index (κ2) is 13.7. The molecule has 2 N–H and O–H groups in total. The Labute approximate surface area is 278 Å². The van der Waals surface area contributed by atoms with E-state index < -0.39 is 0 Å². The Balaban J connectivity index is 0.000000159. The maximum absolute atomic E-state index is 12.9. The van der Waals surface area contributed by atoms with E-state index in [0.717, 1.165) is 57.0 Å². The van der Waals surface area contributed by atoms with Crippen LogP contribution in [0.3, 0.4) is 0 Å². The monoisotopic (exact) mass is 674 g/mol. The number of hydrogen-bond acceptors (Lipinski definition) is 10. The Bertz CT molecular complexity index is 2030. The molecule has 0 atom stereocenters. The van der Waals surface area contributed by atoms with Gasteiger partial charge in [0.2, 0.25) is 0 Å². The summed E-state index contributed by atoms with van der Waals surface area (Å²) in [5.74, 6) is 1.89. The van der Waals surface area contributed by atoms with Crippen LogP contribution >= 0.6 is 46.7 Å². The number of halogens is 2. The summed E-state index contributed by atoms with van der Waals surface area (Å²) in [4.78, 5) is 37.5. The lowest BCUT2D eigenvalue weighted by Crippen LogP contribution is -2.32. The van der Waals surface area contributed by atoms with E-state index in [1.165, 1.54) is 11.8 Å². The maximum Gasteiger partial charge on any atom is 0.260 e. The molecule has 9 nitrogen and oxygen atoms in total. The predicted molar refractivity (Wildman–Crippen MR) is 188 cm³/mol. The molecular weight excluding hydrogens is 647 g/mol. The van der Waals surface area contributed by atoms with Crippen LogP contribution in [0.1, 0.15) is 11.1 Å². The van der Waals surface area contributed by atoms with E-state index in [2.05, 4.69) is 35.9 Å². The fraction of sp³-hybridized carbons (Fsp3) is 0.188.